The van der Waals surface area contributed by atoms with Crippen molar-refractivity contribution in [3.8, 4) is 0 Å². The summed E-state index contributed by atoms with van der Waals surface area (Å²) in [7, 11) is 0. The molecule has 0 bridgehead atoms. The molecule has 4 unspecified atom stereocenters. The van der Waals surface area contributed by atoms with Crippen LogP contribution in [0.5, 0.6) is 0 Å². The lowest BCUT2D eigenvalue weighted by molar-refractivity contribution is -0.140. The van der Waals surface area contributed by atoms with E-state index < -0.39 is 16.1 Å². The highest BCUT2D eigenvalue weighted by Gasteiger charge is 2.38. The minimum absolute atomic E-state index is 0.0277. The third-order valence-electron chi connectivity index (χ3n) is 5.88. The fourth-order valence-corrected chi connectivity index (χ4v) is 5.73. The average molecular weight is 651 g/mol. The third kappa shape index (κ3) is 5.96. The van der Waals surface area contributed by atoms with Gasteiger partial charge in [-0.3, -0.25) is 19.2 Å². The van der Waals surface area contributed by atoms with Crippen molar-refractivity contribution in [3.63, 3.8) is 0 Å². The van der Waals surface area contributed by atoms with Crippen molar-refractivity contribution in [2.75, 3.05) is 13.1 Å². The van der Waals surface area contributed by atoms with Gasteiger partial charge in [-0.2, -0.15) is 0 Å². The molecule has 9 heteroatoms. The fraction of sp³-hybridized carbons (Fsp3) is 0.545. The quantitative estimate of drug-likeness (QED) is 0.279. The van der Waals surface area contributed by atoms with Gasteiger partial charge in [0.05, 0.1) is 6.04 Å². The van der Waals surface area contributed by atoms with Crippen LogP contribution in [0.3, 0.4) is 0 Å². The molecule has 3 amide bonds. The first-order chi connectivity index (χ1) is 14.8. The summed E-state index contributed by atoms with van der Waals surface area (Å²) in [5, 5.41) is 2.78. The van der Waals surface area contributed by atoms with Gasteiger partial charge in [0.1, 0.15) is 6.04 Å². The molecule has 1 aromatic rings. The van der Waals surface area contributed by atoms with Crippen molar-refractivity contribution in [2.24, 2.45) is 0 Å². The van der Waals surface area contributed by atoms with E-state index >= 15 is 0 Å². The molecule has 4 atom stereocenters. The molecule has 2 aliphatic rings. The Morgan fingerprint density at radius 1 is 1.00 bits per heavy atom. The number of nitrogens with one attached hydrogen (secondary N) is 1. The number of carbonyl (C=O) groups excluding carboxylic acids is 4. The minimum atomic E-state index is -0.760. The van der Waals surface area contributed by atoms with E-state index in [1.807, 2.05) is 52.9 Å². The number of hydrogen-bond donors (Lipinski definition) is 1. The first-order valence-corrected chi connectivity index (χ1v) is 13.0. The van der Waals surface area contributed by atoms with Crippen LogP contribution in [0.4, 0.5) is 0 Å². The summed E-state index contributed by atoms with van der Waals surface area (Å²) in [4.78, 5) is 53.6. The Morgan fingerprint density at radius 3 is 2.26 bits per heavy atom. The molecule has 2 fully saturated rings. The Balaban J connectivity index is 1.58. The van der Waals surface area contributed by atoms with Gasteiger partial charge in [0.15, 0.2) is 9.83 Å². The molecule has 2 aliphatic heterocycles. The summed E-state index contributed by atoms with van der Waals surface area (Å²) in [6, 6.07) is 8.88. The topological polar surface area (TPSA) is 86.8 Å². The fourth-order valence-electron chi connectivity index (χ4n) is 4.27. The zero-order valence-corrected chi connectivity index (χ0v) is 21.7. The Labute approximate surface area is 209 Å². The lowest BCUT2D eigenvalue weighted by Crippen LogP contribution is -2.53. The van der Waals surface area contributed by atoms with E-state index in [4.69, 9.17) is 0 Å². The largest absolute Gasteiger partial charge is 0.334 e. The van der Waals surface area contributed by atoms with Crippen LogP contribution in [0, 0.1) is 0 Å². The highest BCUT2D eigenvalue weighted by Crippen LogP contribution is 2.29. The number of amides is 3. The Bertz CT molecular complexity index is 835. The second kappa shape index (κ2) is 11.1. The summed E-state index contributed by atoms with van der Waals surface area (Å²) in [6.45, 7) is 2.57. The molecular weight excluding hydrogens is 624 g/mol. The van der Waals surface area contributed by atoms with Crippen LogP contribution in [0.2, 0.25) is 0 Å². The molecule has 3 rings (SSSR count). The zero-order chi connectivity index (χ0) is 22.5. The normalized spacial score (nSPS) is 22.8. The van der Waals surface area contributed by atoms with Crippen molar-refractivity contribution < 1.29 is 19.2 Å². The summed E-state index contributed by atoms with van der Waals surface area (Å²) in [6.07, 6.45) is 3.14. The van der Waals surface area contributed by atoms with Crippen molar-refractivity contribution in [1.29, 1.82) is 0 Å². The number of Topliss-reactive ketones (excluding diaryl/α,β-unsaturated/α-hetero) is 1. The predicted molar refractivity (Wildman–Crippen MR) is 134 cm³/mol. The number of alkyl halides is 2. The van der Waals surface area contributed by atoms with Gasteiger partial charge in [-0.1, -0.05) is 52.9 Å². The van der Waals surface area contributed by atoms with Crippen LogP contribution in [0.15, 0.2) is 30.3 Å². The van der Waals surface area contributed by atoms with Crippen LogP contribution in [0.1, 0.15) is 48.5 Å². The maximum Gasteiger partial charge on any atom is 0.256 e. The van der Waals surface area contributed by atoms with Crippen LogP contribution in [-0.2, 0) is 19.2 Å². The van der Waals surface area contributed by atoms with Gasteiger partial charge in [0.2, 0.25) is 11.8 Å². The second-order valence-corrected chi connectivity index (χ2v) is 10.7. The van der Waals surface area contributed by atoms with E-state index in [-0.39, 0.29) is 27.4 Å². The number of hydrogen-bond acceptors (Lipinski definition) is 4. The van der Waals surface area contributed by atoms with Gasteiger partial charge >= 0.3 is 0 Å². The van der Waals surface area contributed by atoms with E-state index in [2.05, 4.69) is 27.9 Å². The average Bonchev–Trinajstić information content (AvgIpc) is 3.43. The smallest absolute Gasteiger partial charge is 0.256 e. The van der Waals surface area contributed by atoms with E-state index in [1.54, 1.807) is 9.80 Å². The summed E-state index contributed by atoms with van der Waals surface area (Å²) < 4.78 is -0.725. The molecule has 31 heavy (non-hydrogen) atoms. The third-order valence-corrected chi connectivity index (χ3v) is 7.89. The predicted octanol–water partition coefficient (Wildman–Crippen LogP) is 3.00. The lowest BCUT2D eigenvalue weighted by Gasteiger charge is -2.28. The van der Waals surface area contributed by atoms with E-state index in [0.717, 1.165) is 18.4 Å². The molecule has 2 heterocycles. The molecule has 0 saturated carbocycles. The number of likely N-dealkylation sites (tertiary alicyclic amines) is 2. The van der Waals surface area contributed by atoms with Crippen LogP contribution in [0.25, 0.3) is 0 Å². The number of halogens is 2. The van der Waals surface area contributed by atoms with Crippen molar-refractivity contribution >= 4 is 68.7 Å². The molecule has 0 aromatic heterocycles. The molecule has 1 aromatic carbocycles. The molecule has 2 saturated heterocycles. The molecule has 0 aliphatic carbocycles. The zero-order valence-electron chi connectivity index (χ0n) is 17.4. The SMILES string of the molecule is CC(=O)C1CCCN1C(=O)C(I)NC(=O)C1CCCN1C(=O)CC(I)c1ccccc1. The maximum absolute atomic E-state index is 12.9. The molecule has 0 spiro atoms. The Morgan fingerprint density at radius 2 is 1.61 bits per heavy atom. The standard InChI is InChI=1S/C22H27I2N3O4/c1-14(28)17-9-5-12-27(17)22(31)20(24)25-21(30)18-10-6-11-26(18)19(29)13-16(23)15-7-3-2-4-8-15/h2-4,7-8,16-18,20H,5-6,9-13H2,1H3,(H,25,30). The van der Waals surface area contributed by atoms with Crippen molar-refractivity contribution in [1.82, 2.24) is 15.1 Å². The van der Waals surface area contributed by atoms with Gasteiger partial charge in [-0.25, -0.2) is 0 Å². The second-order valence-electron chi connectivity index (χ2n) is 8.00. The highest BCUT2D eigenvalue weighted by molar-refractivity contribution is 14.1. The minimum Gasteiger partial charge on any atom is -0.334 e. The molecule has 0 radical (unpaired) electrons. The molecule has 168 valence electrons. The first kappa shape index (κ1) is 24.4. The molecule has 7 nitrogen and oxygen atoms in total. The van der Waals surface area contributed by atoms with Crippen LogP contribution < -0.4 is 5.32 Å². The number of nitrogens with zero attached hydrogens (tertiary/aromatic N) is 2. The summed E-state index contributed by atoms with van der Waals surface area (Å²) >= 11 is 4.17. The van der Waals surface area contributed by atoms with Gasteiger partial charge in [0, 0.05) is 23.4 Å². The lowest BCUT2D eigenvalue weighted by atomic mass is 10.1. The Kier molecular flexibility index (Phi) is 8.71. The number of carbonyl (C=O) groups is 4. The van der Waals surface area contributed by atoms with Gasteiger partial charge < -0.3 is 15.1 Å². The maximum atomic E-state index is 12.9. The van der Waals surface area contributed by atoms with Crippen molar-refractivity contribution in [2.45, 2.75) is 59.1 Å². The van der Waals surface area contributed by atoms with E-state index in [0.29, 0.717) is 32.4 Å². The molecular formula is C22H27I2N3O4. The highest BCUT2D eigenvalue weighted by atomic mass is 127. The summed E-state index contributed by atoms with van der Waals surface area (Å²) in [5.74, 6) is -0.630. The van der Waals surface area contributed by atoms with Gasteiger partial charge in [0.25, 0.3) is 5.91 Å². The van der Waals surface area contributed by atoms with Gasteiger partial charge in [-0.05, 0) is 60.8 Å². The molecule has 1 N–H and O–H groups in total. The number of ketones is 1. The van der Waals surface area contributed by atoms with Crippen LogP contribution in [-0.4, -0.2) is 62.5 Å². The van der Waals surface area contributed by atoms with Crippen LogP contribution >= 0.6 is 45.2 Å². The number of rotatable bonds is 7. The van der Waals surface area contributed by atoms with E-state index in [9.17, 15) is 19.2 Å². The monoisotopic (exact) mass is 651 g/mol. The van der Waals surface area contributed by atoms with Gasteiger partial charge in [-0.15, -0.1) is 0 Å². The van der Waals surface area contributed by atoms with E-state index in [1.165, 1.54) is 6.92 Å². The Hall–Kier alpha value is -1.24. The first-order valence-electron chi connectivity index (χ1n) is 10.5. The number of benzene rings is 1. The van der Waals surface area contributed by atoms with Crippen molar-refractivity contribution in [3.05, 3.63) is 35.9 Å². The summed E-state index contributed by atoms with van der Waals surface area (Å²) in [5.41, 5.74) is 1.08.